The molecule has 2 rings (SSSR count). The van der Waals surface area contributed by atoms with Gasteiger partial charge in [0.05, 0.1) is 10.8 Å². The van der Waals surface area contributed by atoms with E-state index in [2.05, 4.69) is 21.2 Å². The highest BCUT2D eigenvalue weighted by atomic mass is 79.9. The normalized spacial score (nSPS) is 22.5. The first kappa shape index (κ1) is 17.2. The third-order valence-corrected chi connectivity index (χ3v) is 4.79. The topological polar surface area (TPSA) is 55.2 Å². The van der Waals surface area contributed by atoms with Crippen molar-refractivity contribution in [1.29, 1.82) is 0 Å². The van der Waals surface area contributed by atoms with E-state index in [1.165, 1.54) is 12.1 Å². The highest BCUT2D eigenvalue weighted by molar-refractivity contribution is 9.10. The highest BCUT2D eigenvalue weighted by Crippen LogP contribution is 2.37. The summed E-state index contributed by atoms with van der Waals surface area (Å²) in [5, 5.41) is 14.0. The van der Waals surface area contributed by atoms with Crippen LogP contribution in [-0.2, 0) is 6.54 Å². The standard InChI is InChI=1S/C14H16BrF3N2O2/c15-13-6-5-12(20(21)22)7-9(13)8-19-11-3-1-10(2-4-11)14(16,17)18/h5-7,10-11,19H,1-4,8H2. The van der Waals surface area contributed by atoms with E-state index in [1.807, 2.05) is 0 Å². The van der Waals surface area contributed by atoms with Gasteiger partial charge in [-0.1, -0.05) is 15.9 Å². The molecule has 0 aliphatic heterocycles. The van der Waals surface area contributed by atoms with Crippen LogP contribution in [0.1, 0.15) is 31.2 Å². The molecule has 0 radical (unpaired) electrons. The lowest BCUT2D eigenvalue weighted by Crippen LogP contribution is -2.36. The predicted molar refractivity (Wildman–Crippen MR) is 79.4 cm³/mol. The number of nitrogens with zero attached hydrogens (tertiary/aromatic N) is 1. The van der Waals surface area contributed by atoms with Gasteiger partial charge in [0.2, 0.25) is 0 Å². The molecule has 1 saturated carbocycles. The maximum absolute atomic E-state index is 12.6. The minimum absolute atomic E-state index is 0.000722. The average Bonchev–Trinajstić information content (AvgIpc) is 2.45. The third-order valence-electron chi connectivity index (χ3n) is 4.01. The van der Waals surface area contributed by atoms with Gasteiger partial charge in [0.15, 0.2) is 0 Å². The Labute approximate surface area is 134 Å². The number of hydrogen-bond donors (Lipinski definition) is 1. The van der Waals surface area contributed by atoms with Gasteiger partial charge < -0.3 is 5.32 Å². The van der Waals surface area contributed by atoms with Gasteiger partial charge in [-0.05, 0) is 37.3 Å². The molecule has 0 unspecified atom stereocenters. The molecular formula is C14H16BrF3N2O2. The summed E-state index contributed by atoms with van der Waals surface area (Å²) in [7, 11) is 0. The number of non-ortho nitro benzene ring substituents is 1. The molecule has 0 spiro atoms. The monoisotopic (exact) mass is 380 g/mol. The first-order valence-electron chi connectivity index (χ1n) is 7.00. The van der Waals surface area contributed by atoms with Crippen molar-refractivity contribution < 1.29 is 18.1 Å². The molecule has 0 aromatic heterocycles. The van der Waals surface area contributed by atoms with E-state index >= 15 is 0 Å². The molecule has 0 amide bonds. The van der Waals surface area contributed by atoms with Gasteiger partial charge in [-0.2, -0.15) is 13.2 Å². The fourth-order valence-electron chi connectivity index (χ4n) is 2.69. The lowest BCUT2D eigenvalue weighted by molar-refractivity contribution is -0.384. The summed E-state index contributed by atoms with van der Waals surface area (Å²) < 4.78 is 38.6. The van der Waals surface area contributed by atoms with Crippen LogP contribution in [0.25, 0.3) is 0 Å². The summed E-state index contributed by atoms with van der Waals surface area (Å²) >= 11 is 3.33. The van der Waals surface area contributed by atoms with E-state index in [4.69, 9.17) is 0 Å². The van der Waals surface area contributed by atoms with E-state index in [1.54, 1.807) is 6.07 Å². The van der Waals surface area contributed by atoms with Gasteiger partial charge >= 0.3 is 6.18 Å². The Bertz CT molecular complexity index is 543. The second kappa shape index (κ2) is 6.95. The smallest absolute Gasteiger partial charge is 0.310 e. The van der Waals surface area contributed by atoms with Gasteiger partial charge in [0.25, 0.3) is 5.69 Å². The highest BCUT2D eigenvalue weighted by Gasteiger charge is 2.41. The van der Waals surface area contributed by atoms with Crippen molar-refractivity contribution in [2.24, 2.45) is 5.92 Å². The van der Waals surface area contributed by atoms with Gasteiger partial charge in [-0.15, -0.1) is 0 Å². The SMILES string of the molecule is O=[N+]([O-])c1ccc(Br)c(CNC2CCC(C(F)(F)F)CC2)c1. The molecule has 0 saturated heterocycles. The zero-order chi connectivity index (χ0) is 16.3. The number of halogens is 4. The number of nitrogens with one attached hydrogen (secondary N) is 1. The Hall–Kier alpha value is -1.15. The van der Waals surface area contributed by atoms with E-state index in [0.717, 1.165) is 10.0 Å². The van der Waals surface area contributed by atoms with Crippen LogP contribution in [0.15, 0.2) is 22.7 Å². The third kappa shape index (κ3) is 4.42. The van der Waals surface area contributed by atoms with Crippen molar-refractivity contribution in [1.82, 2.24) is 5.32 Å². The number of alkyl halides is 3. The molecule has 0 atom stereocenters. The van der Waals surface area contributed by atoms with Gasteiger partial charge in [-0.3, -0.25) is 10.1 Å². The molecule has 1 fully saturated rings. The summed E-state index contributed by atoms with van der Waals surface area (Å²) in [6.07, 6.45) is -2.89. The van der Waals surface area contributed by atoms with Gasteiger partial charge in [0.1, 0.15) is 0 Å². The Morgan fingerprint density at radius 2 is 1.91 bits per heavy atom. The Kier molecular flexibility index (Phi) is 5.44. The summed E-state index contributed by atoms with van der Waals surface area (Å²) in [5.41, 5.74) is 0.730. The molecule has 1 N–H and O–H groups in total. The van der Waals surface area contributed by atoms with Crippen LogP contribution in [0.3, 0.4) is 0 Å². The number of hydrogen-bond acceptors (Lipinski definition) is 3. The van der Waals surface area contributed by atoms with E-state index < -0.39 is 17.0 Å². The van der Waals surface area contributed by atoms with Crippen molar-refractivity contribution in [2.45, 2.75) is 44.4 Å². The largest absolute Gasteiger partial charge is 0.391 e. The Morgan fingerprint density at radius 3 is 2.45 bits per heavy atom. The first-order valence-corrected chi connectivity index (χ1v) is 7.79. The summed E-state index contributed by atoms with van der Waals surface area (Å²) in [4.78, 5) is 10.3. The van der Waals surface area contributed by atoms with Crippen molar-refractivity contribution >= 4 is 21.6 Å². The van der Waals surface area contributed by atoms with Crippen LogP contribution in [0.4, 0.5) is 18.9 Å². The summed E-state index contributed by atoms with van der Waals surface area (Å²) in [5.74, 6) is -1.20. The molecule has 1 aliphatic rings. The van der Waals surface area contributed by atoms with E-state index in [9.17, 15) is 23.3 Å². The van der Waals surface area contributed by atoms with Crippen LogP contribution in [-0.4, -0.2) is 17.1 Å². The molecule has 1 aromatic rings. The molecule has 1 aliphatic carbocycles. The molecule has 4 nitrogen and oxygen atoms in total. The fourth-order valence-corrected chi connectivity index (χ4v) is 3.08. The molecule has 8 heteroatoms. The maximum Gasteiger partial charge on any atom is 0.391 e. The van der Waals surface area contributed by atoms with E-state index in [0.29, 0.717) is 19.4 Å². The van der Waals surface area contributed by atoms with Crippen molar-refractivity contribution in [3.8, 4) is 0 Å². The molecule has 0 heterocycles. The molecule has 0 bridgehead atoms. The first-order chi connectivity index (χ1) is 10.3. The molecule has 22 heavy (non-hydrogen) atoms. The van der Waals surface area contributed by atoms with Crippen LogP contribution in [0.2, 0.25) is 0 Å². The molecule has 122 valence electrons. The minimum Gasteiger partial charge on any atom is -0.310 e. The average molecular weight is 381 g/mol. The van der Waals surface area contributed by atoms with Crippen molar-refractivity contribution in [3.05, 3.63) is 38.3 Å². The summed E-state index contributed by atoms with van der Waals surface area (Å²) in [6.45, 7) is 0.392. The quantitative estimate of drug-likeness (QED) is 0.614. The van der Waals surface area contributed by atoms with Crippen molar-refractivity contribution in [2.75, 3.05) is 0 Å². The van der Waals surface area contributed by atoms with Gasteiger partial charge in [0, 0.05) is 29.2 Å². The number of nitro benzene ring substituents is 1. The number of benzene rings is 1. The Morgan fingerprint density at radius 1 is 1.27 bits per heavy atom. The number of rotatable bonds is 4. The van der Waals surface area contributed by atoms with Crippen LogP contribution >= 0.6 is 15.9 Å². The van der Waals surface area contributed by atoms with Crippen molar-refractivity contribution in [3.63, 3.8) is 0 Å². The second-order valence-corrected chi connectivity index (χ2v) is 6.36. The minimum atomic E-state index is -4.10. The lowest BCUT2D eigenvalue weighted by Gasteiger charge is -2.30. The van der Waals surface area contributed by atoms with Crippen LogP contribution in [0, 0.1) is 16.0 Å². The molecular weight excluding hydrogens is 365 g/mol. The Balaban J connectivity index is 1.89. The zero-order valence-corrected chi connectivity index (χ0v) is 13.3. The maximum atomic E-state index is 12.6. The molecule has 1 aromatic carbocycles. The van der Waals surface area contributed by atoms with Crippen LogP contribution in [0.5, 0.6) is 0 Å². The number of nitro groups is 1. The van der Waals surface area contributed by atoms with Crippen LogP contribution < -0.4 is 5.32 Å². The predicted octanol–water partition coefficient (Wildman–Crippen LogP) is 4.57. The summed E-state index contributed by atoms with van der Waals surface area (Å²) in [6, 6.07) is 4.50. The zero-order valence-electron chi connectivity index (χ0n) is 11.7. The lowest BCUT2D eigenvalue weighted by atomic mass is 9.85. The van der Waals surface area contributed by atoms with Gasteiger partial charge in [-0.25, -0.2) is 0 Å². The van der Waals surface area contributed by atoms with E-state index in [-0.39, 0.29) is 24.6 Å². The fraction of sp³-hybridized carbons (Fsp3) is 0.571. The second-order valence-electron chi connectivity index (χ2n) is 5.50.